The number of hydrogen-bond donors (Lipinski definition) is 2. The van der Waals surface area contributed by atoms with E-state index in [1.807, 2.05) is 18.2 Å². The van der Waals surface area contributed by atoms with Crippen molar-refractivity contribution < 1.29 is 19.8 Å². The number of pyridine rings is 1. The molecule has 2 aromatic rings. The average Bonchev–Trinajstić information content (AvgIpc) is 2.40. The molecule has 0 aliphatic heterocycles. The van der Waals surface area contributed by atoms with Gasteiger partial charge in [0.05, 0.1) is 12.8 Å². The van der Waals surface area contributed by atoms with Crippen molar-refractivity contribution in [2.45, 2.75) is 12.8 Å². The number of carboxylic acids is 2. The van der Waals surface area contributed by atoms with E-state index in [9.17, 15) is 9.59 Å². The van der Waals surface area contributed by atoms with Gasteiger partial charge >= 0.3 is 11.9 Å². The van der Waals surface area contributed by atoms with Gasteiger partial charge in [0.1, 0.15) is 0 Å². The highest BCUT2D eigenvalue weighted by Crippen LogP contribution is 1.98. The van der Waals surface area contributed by atoms with Crippen LogP contribution in [0.4, 0.5) is 0 Å². The summed E-state index contributed by atoms with van der Waals surface area (Å²) >= 11 is 0. The Morgan fingerprint density at radius 2 is 1.24 bits per heavy atom. The molecule has 0 spiro atoms. The van der Waals surface area contributed by atoms with E-state index < -0.39 is 11.9 Å². The number of hydrogen-bond acceptors (Lipinski definition) is 3. The van der Waals surface area contributed by atoms with Crippen molar-refractivity contribution in [1.82, 2.24) is 4.98 Å². The first-order chi connectivity index (χ1) is 9.58. The summed E-state index contributed by atoms with van der Waals surface area (Å²) in [6, 6.07) is 12.5. The predicted octanol–water partition coefficient (Wildman–Crippen LogP) is 2.44. The number of halogens is 1. The zero-order valence-corrected chi connectivity index (χ0v) is 12.0. The molecule has 1 heterocycles. The van der Waals surface area contributed by atoms with Gasteiger partial charge in [0.2, 0.25) is 0 Å². The lowest BCUT2D eigenvalue weighted by Gasteiger charge is -1.92. The van der Waals surface area contributed by atoms with Gasteiger partial charge in [-0.25, -0.2) is 0 Å². The third-order valence-electron chi connectivity index (χ3n) is 2.30. The smallest absolute Gasteiger partial charge is 0.307 e. The Morgan fingerprint density at radius 1 is 0.810 bits per heavy atom. The molecule has 0 fully saturated rings. The molecule has 21 heavy (non-hydrogen) atoms. The molecule has 0 aliphatic rings. The second kappa shape index (κ2) is 10.4. The Kier molecular flexibility index (Phi) is 9.21. The maximum absolute atomic E-state index is 10.2. The van der Waals surface area contributed by atoms with Crippen molar-refractivity contribution in [3.63, 3.8) is 0 Å². The van der Waals surface area contributed by atoms with Gasteiger partial charge in [-0.05, 0) is 23.3 Å². The largest absolute Gasteiger partial charge is 0.481 e. The van der Waals surface area contributed by atoms with E-state index in [1.165, 1.54) is 0 Å². The number of aromatic nitrogens is 1. The molecule has 0 atom stereocenters. The van der Waals surface area contributed by atoms with Gasteiger partial charge in [-0.3, -0.25) is 14.6 Å². The molecule has 5 nitrogen and oxygen atoms in total. The highest BCUT2D eigenvalue weighted by Gasteiger charge is 1.97. The van der Waals surface area contributed by atoms with E-state index in [1.54, 1.807) is 36.7 Å². The standard InChI is InChI=1S/C8H8O2.C7H7NO2.ClH/c9-8(10)6-7-4-2-1-3-5-7;9-7(10)5-6-1-3-8-4-2-6;/h1-5H,6H2,(H,9,10);1-4H,5H2,(H,9,10);1H. The number of aliphatic carboxylic acids is 2. The first kappa shape index (κ1) is 18.6. The molecular formula is C15H16ClNO4. The minimum Gasteiger partial charge on any atom is -0.481 e. The summed E-state index contributed by atoms with van der Waals surface area (Å²) in [4.78, 5) is 24.1. The highest BCUT2D eigenvalue weighted by atomic mass is 35.5. The Balaban J connectivity index is 0.000000364. The van der Waals surface area contributed by atoms with Gasteiger partial charge in [0.25, 0.3) is 0 Å². The Labute approximate surface area is 128 Å². The highest BCUT2D eigenvalue weighted by molar-refractivity contribution is 5.85. The van der Waals surface area contributed by atoms with Crippen LogP contribution in [-0.2, 0) is 22.4 Å². The number of carboxylic acid groups (broad SMARTS) is 2. The van der Waals surface area contributed by atoms with Gasteiger partial charge in [-0.1, -0.05) is 30.3 Å². The molecule has 2 N–H and O–H groups in total. The van der Waals surface area contributed by atoms with Crippen molar-refractivity contribution in [3.8, 4) is 0 Å². The summed E-state index contributed by atoms with van der Waals surface area (Å²) in [5.41, 5.74) is 1.62. The van der Waals surface area contributed by atoms with E-state index in [4.69, 9.17) is 10.2 Å². The number of nitrogens with zero attached hydrogens (tertiary/aromatic N) is 1. The topological polar surface area (TPSA) is 87.5 Å². The van der Waals surface area contributed by atoms with Crippen molar-refractivity contribution in [3.05, 3.63) is 66.0 Å². The molecule has 1 aromatic carbocycles. The normalized spacial score (nSPS) is 8.76. The number of carbonyl (C=O) groups is 2. The van der Waals surface area contributed by atoms with Crippen LogP contribution < -0.4 is 0 Å². The van der Waals surface area contributed by atoms with E-state index in [0.717, 1.165) is 11.1 Å². The lowest BCUT2D eigenvalue weighted by atomic mass is 10.2. The lowest BCUT2D eigenvalue weighted by molar-refractivity contribution is -0.137. The Morgan fingerprint density at radius 3 is 1.67 bits per heavy atom. The number of benzene rings is 1. The van der Waals surface area contributed by atoms with Gasteiger partial charge in [-0.2, -0.15) is 0 Å². The lowest BCUT2D eigenvalue weighted by Crippen LogP contribution is -1.99. The zero-order valence-electron chi connectivity index (χ0n) is 11.2. The van der Waals surface area contributed by atoms with Crippen molar-refractivity contribution >= 4 is 24.3 Å². The molecule has 0 amide bonds. The van der Waals surface area contributed by atoms with Crippen LogP contribution >= 0.6 is 12.4 Å². The first-order valence-corrected chi connectivity index (χ1v) is 5.94. The van der Waals surface area contributed by atoms with Gasteiger partial charge in [0.15, 0.2) is 0 Å². The Bertz CT molecular complexity index is 495. The maximum Gasteiger partial charge on any atom is 0.307 e. The van der Waals surface area contributed by atoms with Crippen molar-refractivity contribution in [1.29, 1.82) is 0 Å². The first-order valence-electron chi connectivity index (χ1n) is 5.94. The monoisotopic (exact) mass is 309 g/mol. The summed E-state index contributed by atoms with van der Waals surface area (Å²) in [5, 5.41) is 16.7. The van der Waals surface area contributed by atoms with E-state index >= 15 is 0 Å². The molecular weight excluding hydrogens is 294 g/mol. The summed E-state index contributed by atoms with van der Waals surface area (Å²) < 4.78 is 0. The fraction of sp³-hybridized carbons (Fsp3) is 0.133. The Hall–Kier alpha value is -2.40. The molecule has 0 radical (unpaired) electrons. The summed E-state index contributed by atoms with van der Waals surface area (Å²) in [5.74, 6) is -1.60. The number of rotatable bonds is 4. The van der Waals surface area contributed by atoms with Crippen LogP contribution in [0.3, 0.4) is 0 Å². The fourth-order valence-corrected chi connectivity index (χ4v) is 1.45. The second-order valence-corrected chi connectivity index (χ2v) is 3.98. The van der Waals surface area contributed by atoms with Gasteiger partial charge in [-0.15, -0.1) is 12.4 Å². The molecule has 0 saturated heterocycles. The van der Waals surface area contributed by atoms with E-state index in [2.05, 4.69) is 4.98 Å². The summed E-state index contributed by atoms with van der Waals surface area (Å²) in [6.07, 6.45) is 3.35. The molecule has 0 bridgehead atoms. The van der Waals surface area contributed by atoms with Crippen LogP contribution in [-0.4, -0.2) is 27.1 Å². The molecule has 112 valence electrons. The molecule has 0 unspecified atom stereocenters. The van der Waals surface area contributed by atoms with Crippen LogP contribution in [0, 0.1) is 0 Å². The fourth-order valence-electron chi connectivity index (χ4n) is 1.45. The zero-order chi connectivity index (χ0) is 14.8. The maximum atomic E-state index is 10.2. The molecule has 0 saturated carbocycles. The third-order valence-corrected chi connectivity index (χ3v) is 2.30. The summed E-state index contributed by atoms with van der Waals surface area (Å²) in [7, 11) is 0. The molecule has 6 heteroatoms. The van der Waals surface area contributed by atoms with E-state index in [-0.39, 0.29) is 25.2 Å². The third kappa shape index (κ3) is 9.18. The van der Waals surface area contributed by atoms with Crippen molar-refractivity contribution in [2.75, 3.05) is 0 Å². The quantitative estimate of drug-likeness (QED) is 0.905. The molecule has 1 aromatic heterocycles. The van der Waals surface area contributed by atoms with Crippen LogP contribution in [0.5, 0.6) is 0 Å². The van der Waals surface area contributed by atoms with Crippen LogP contribution in [0.2, 0.25) is 0 Å². The van der Waals surface area contributed by atoms with E-state index in [0.29, 0.717) is 0 Å². The van der Waals surface area contributed by atoms with Crippen LogP contribution in [0.15, 0.2) is 54.9 Å². The SMILES string of the molecule is Cl.O=C(O)Cc1ccccc1.O=C(O)Cc1ccncc1. The second-order valence-electron chi connectivity index (χ2n) is 3.98. The summed E-state index contributed by atoms with van der Waals surface area (Å²) in [6.45, 7) is 0. The molecule has 0 aliphatic carbocycles. The average molecular weight is 310 g/mol. The van der Waals surface area contributed by atoms with Crippen LogP contribution in [0.1, 0.15) is 11.1 Å². The predicted molar refractivity (Wildman–Crippen MR) is 80.6 cm³/mol. The van der Waals surface area contributed by atoms with Gasteiger partial charge in [0, 0.05) is 12.4 Å². The molecule has 2 rings (SSSR count). The minimum atomic E-state index is -0.814. The van der Waals surface area contributed by atoms with Crippen molar-refractivity contribution in [2.24, 2.45) is 0 Å². The minimum absolute atomic E-state index is 0. The van der Waals surface area contributed by atoms with Crippen LogP contribution in [0.25, 0.3) is 0 Å². The van der Waals surface area contributed by atoms with Gasteiger partial charge < -0.3 is 10.2 Å².